The van der Waals surface area contributed by atoms with Gasteiger partial charge < -0.3 is 14.4 Å². The topological polar surface area (TPSA) is 88.2 Å². The van der Waals surface area contributed by atoms with Crippen LogP contribution in [0.3, 0.4) is 0 Å². The van der Waals surface area contributed by atoms with Crippen LogP contribution < -0.4 is 15.2 Å². The number of hydrazine groups is 1. The van der Waals surface area contributed by atoms with Gasteiger partial charge in [-0.05, 0) is 36.4 Å². The van der Waals surface area contributed by atoms with Crippen molar-refractivity contribution in [3.05, 3.63) is 64.1 Å². The van der Waals surface area contributed by atoms with E-state index in [9.17, 15) is 14.4 Å². The van der Waals surface area contributed by atoms with Crippen molar-refractivity contribution < 1.29 is 23.9 Å². The first-order chi connectivity index (χ1) is 15.0. The molecule has 2 saturated heterocycles. The number of hydrogen-bond donors (Lipinski definition) is 1. The molecule has 0 radical (unpaired) electrons. The fourth-order valence-corrected chi connectivity index (χ4v) is 3.66. The third kappa shape index (κ3) is 4.78. The molecule has 4 rings (SSSR count). The summed E-state index contributed by atoms with van der Waals surface area (Å²) in [4.78, 5) is 39.4. The Morgan fingerprint density at radius 2 is 1.87 bits per heavy atom. The van der Waals surface area contributed by atoms with Crippen molar-refractivity contribution >= 4 is 45.4 Å². The highest BCUT2D eigenvalue weighted by molar-refractivity contribution is 9.10. The van der Waals surface area contributed by atoms with Gasteiger partial charge in [-0.2, -0.15) is 0 Å². The monoisotopic (exact) mass is 485 g/mol. The highest BCUT2D eigenvalue weighted by Gasteiger charge is 2.34. The van der Waals surface area contributed by atoms with E-state index in [0.29, 0.717) is 43.3 Å². The molecule has 2 aliphatic rings. The second kappa shape index (κ2) is 9.32. The highest BCUT2D eigenvalue weighted by Crippen LogP contribution is 2.28. The lowest BCUT2D eigenvalue weighted by Gasteiger charge is -2.26. The Morgan fingerprint density at radius 3 is 2.61 bits per heavy atom. The molecule has 0 aliphatic carbocycles. The lowest BCUT2D eigenvalue weighted by atomic mass is 10.1. The molecule has 0 unspecified atom stereocenters. The van der Waals surface area contributed by atoms with Crippen LogP contribution in [0, 0.1) is 0 Å². The summed E-state index contributed by atoms with van der Waals surface area (Å²) in [6, 6.07) is 14.0. The summed E-state index contributed by atoms with van der Waals surface area (Å²) in [5.74, 6) is -0.721. The van der Waals surface area contributed by atoms with E-state index in [4.69, 9.17) is 9.47 Å². The zero-order valence-electron chi connectivity index (χ0n) is 16.5. The number of morpholine rings is 1. The minimum absolute atomic E-state index is 0.0219. The molecule has 8 nitrogen and oxygen atoms in total. The number of amides is 3. The molecule has 0 aromatic heterocycles. The van der Waals surface area contributed by atoms with Crippen molar-refractivity contribution in [3.63, 3.8) is 0 Å². The number of para-hydroxylation sites is 1. The number of nitrogens with one attached hydrogen (secondary N) is 1. The molecular weight excluding hydrogens is 466 g/mol. The Labute approximate surface area is 187 Å². The Kier molecular flexibility index (Phi) is 6.34. The van der Waals surface area contributed by atoms with Gasteiger partial charge in [-0.25, -0.2) is 5.01 Å². The van der Waals surface area contributed by atoms with Crippen molar-refractivity contribution in [2.75, 3.05) is 37.9 Å². The molecule has 2 aliphatic heterocycles. The van der Waals surface area contributed by atoms with E-state index in [1.165, 1.54) is 11.1 Å². The molecule has 0 spiro atoms. The van der Waals surface area contributed by atoms with Crippen LogP contribution in [0.1, 0.15) is 5.56 Å². The van der Waals surface area contributed by atoms with Crippen LogP contribution in [0.5, 0.6) is 5.75 Å². The van der Waals surface area contributed by atoms with Gasteiger partial charge in [0.1, 0.15) is 11.3 Å². The molecule has 1 N–H and O–H groups in total. The maximum atomic E-state index is 12.8. The van der Waals surface area contributed by atoms with Gasteiger partial charge in [-0.15, -0.1) is 0 Å². The summed E-state index contributed by atoms with van der Waals surface area (Å²) < 4.78 is 11.8. The van der Waals surface area contributed by atoms with Crippen LogP contribution in [-0.4, -0.2) is 55.5 Å². The Bertz CT molecular complexity index is 1030. The predicted octanol–water partition coefficient (Wildman–Crippen LogP) is 2.15. The number of carbonyl (C=O) groups is 3. The molecule has 2 heterocycles. The second-order valence-corrected chi connectivity index (χ2v) is 7.85. The lowest BCUT2D eigenvalue weighted by Crippen LogP contribution is -2.43. The first-order valence-corrected chi connectivity index (χ1v) is 10.5. The van der Waals surface area contributed by atoms with Crippen molar-refractivity contribution in [1.82, 2.24) is 10.3 Å². The second-order valence-electron chi connectivity index (χ2n) is 6.94. The SMILES string of the molecule is O=C1NN(c2ccccc2)C(=O)C1=Cc1cc(Br)ccc1OCC(=O)N1CCOCC1. The minimum Gasteiger partial charge on any atom is -0.483 e. The van der Waals surface area contributed by atoms with Crippen LogP contribution in [0.15, 0.2) is 58.6 Å². The van der Waals surface area contributed by atoms with Gasteiger partial charge in [-0.3, -0.25) is 19.8 Å². The molecule has 0 saturated carbocycles. The number of rotatable bonds is 5. The first-order valence-electron chi connectivity index (χ1n) is 9.73. The Hall–Kier alpha value is -3.17. The smallest absolute Gasteiger partial charge is 0.282 e. The average Bonchev–Trinajstić information content (AvgIpc) is 3.08. The maximum absolute atomic E-state index is 12.8. The van der Waals surface area contributed by atoms with Crippen LogP contribution in [-0.2, 0) is 19.1 Å². The van der Waals surface area contributed by atoms with E-state index in [1.54, 1.807) is 47.4 Å². The molecule has 9 heteroatoms. The highest BCUT2D eigenvalue weighted by atomic mass is 79.9. The molecule has 3 amide bonds. The lowest BCUT2D eigenvalue weighted by molar-refractivity contribution is -0.137. The fourth-order valence-electron chi connectivity index (χ4n) is 3.28. The molecule has 160 valence electrons. The summed E-state index contributed by atoms with van der Waals surface area (Å²) in [6.45, 7) is 1.94. The standard InChI is InChI=1S/C22H20BrN3O5/c23-16-6-7-19(31-14-20(27)25-8-10-30-11-9-25)15(12-16)13-18-21(28)24-26(22(18)29)17-4-2-1-3-5-17/h1-7,12-13H,8-11,14H2,(H,24,28). The number of carbonyl (C=O) groups excluding carboxylic acids is 3. The molecule has 0 atom stereocenters. The zero-order valence-corrected chi connectivity index (χ0v) is 18.1. The molecule has 0 bridgehead atoms. The number of hydrogen-bond acceptors (Lipinski definition) is 5. The van der Waals surface area contributed by atoms with E-state index in [0.717, 1.165) is 4.47 Å². The van der Waals surface area contributed by atoms with Crippen LogP contribution in [0.2, 0.25) is 0 Å². The van der Waals surface area contributed by atoms with E-state index < -0.39 is 11.8 Å². The van der Waals surface area contributed by atoms with Gasteiger partial charge in [0, 0.05) is 23.1 Å². The van der Waals surface area contributed by atoms with Crippen LogP contribution >= 0.6 is 15.9 Å². The van der Waals surface area contributed by atoms with Gasteiger partial charge in [0.25, 0.3) is 17.7 Å². The maximum Gasteiger partial charge on any atom is 0.282 e. The van der Waals surface area contributed by atoms with Gasteiger partial charge >= 0.3 is 0 Å². The van der Waals surface area contributed by atoms with Crippen molar-refractivity contribution in [2.45, 2.75) is 0 Å². The van der Waals surface area contributed by atoms with E-state index in [1.807, 2.05) is 6.07 Å². The largest absolute Gasteiger partial charge is 0.483 e. The van der Waals surface area contributed by atoms with Gasteiger partial charge in [0.05, 0.1) is 18.9 Å². The average molecular weight is 486 g/mol. The van der Waals surface area contributed by atoms with Gasteiger partial charge in [0.2, 0.25) is 0 Å². The van der Waals surface area contributed by atoms with Gasteiger partial charge in [0.15, 0.2) is 6.61 Å². The summed E-state index contributed by atoms with van der Waals surface area (Å²) in [7, 11) is 0. The molecule has 31 heavy (non-hydrogen) atoms. The number of benzene rings is 2. The number of ether oxygens (including phenoxy) is 2. The fraction of sp³-hybridized carbons (Fsp3) is 0.227. The quantitative estimate of drug-likeness (QED) is 0.517. The van der Waals surface area contributed by atoms with Crippen molar-refractivity contribution in [1.29, 1.82) is 0 Å². The normalized spacial score (nSPS) is 17.8. The summed E-state index contributed by atoms with van der Waals surface area (Å²) in [5.41, 5.74) is 3.62. The predicted molar refractivity (Wildman–Crippen MR) is 117 cm³/mol. The van der Waals surface area contributed by atoms with Crippen molar-refractivity contribution in [2.24, 2.45) is 0 Å². The molecule has 2 fully saturated rings. The summed E-state index contributed by atoms with van der Waals surface area (Å²) in [5, 5.41) is 1.20. The summed E-state index contributed by atoms with van der Waals surface area (Å²) >= 11 is 3.40. The molecule has 2 aromatic rings. The third-order valence-electron chi connectivity index (χ3n) is 4.89. The number of anilines is 1. The third-order valence-corrected chi connectivity index (χ3v) is 5.39. The Morgan fingerprint density at radius 1 is 1.13 bits per heavy atom. The van der Waals surface area contributed by atoms with Gasteiger partial charge in [-0.1, -0.05) is 34.1 Å². The first kappa shape index (κ1) is 21.1. The molecule has 2 aromatic carbocycles. The molecular formula is C22H20BrN3O5. The van der Waals surface area contributed by atoms with E-state index in [-0.39, 0.29) is 18.1 Å². The Balaban J connectivity index is 1.54. The van der Waals surface area contributed by atoms with E-state index in [2.05, 4.69) is 21.4 Å². The summed E-state index contributed by atoms with van der Waals surface area (Å²) in [6.07, 6.45) is 1.47. The van der Waals surface area contributed by atoms with Crippen LogP contribution in [0.4, 0.5) is 5.69 Å². The number of nitrogens with zero attached hydrogens (tertiary/aromatic N) is 2. The van der Waals surface area contributed by atoms with Crippen molar-refractivity contribution in [3.8, 4) is 5.75 Å². The minimum atomic E-state index is -0.510. The zero-order chi connectivity index (χ0) is 21.8. The number of halogens is 1. The van der Waals surface area contributed by atoms with E-state index >= 15 is 0 Å². The van der Waals surface area contributed by atoms with Crippen LogP contribution in [0.25, 0.3) is 6.08 Å².